The molecule has 158 valence electrons. The van der Waals surface area contributed by atoms with E-state index in [0.717, 1.165) is 42.7 Å². The molecule has 1 saturated heterocycles. The molecular weight excluding hydrogens is 411 g/mol. The summed E-state index contributed by atoms with van der Waals surface area (Å²) in [5.74, 6) is 0. The molecule has 0 radical (unpaired) electrons. The zero-order valence-electron chi connectivity index (χ0n) is 16.6. The summed E-state index contributed by atoms with van der Waals surface area (Å²) in [5.41, 5.74) is 4.53. The SMILES string of the molecule is Cc1[nH]c(-c2ccc(Cl)cc2)cc1CN1CCN(c2cccc(C(F)(F)F)c2)CC1. The number of piperazine rings is 1. The molecule has 3 aromatic rings. The van der Waals surface area contributed by atoms with Gasteiger partial charge < -0.3 is 9.88 Å². The lowest BCUT2D eigenvalue weighted by Crippen LogP contribution is -2.46. The molecule has 7 heteroatoms. The number of aryl methyl sites for hydroxylation is 1. The van der Waals surface area contributed by atoms with Crippen LogP contribution in [0.4, 0.5) is 18.9 Å². The van der Waals surface area contributed by atoms with Crippen LogP contribution < -0.4 is 4.90 Å². The molecule has 0 aliphatic carbocycles. The summed E-state index contributed by atoms with van der Waals surface area (Å²) in [5, 5.41) is 0.709. The Hall–Kier alpha value is -2.44. The molecule has 0 unspecified atom stereocenters. The van der Waals surface area contributed by atoms with Crippen LogP contribution in [0.3, 0.4) is 0 Å². The number of alkyl halides is 3. The van der Waals surface area contributed by atoms with Crippen LogP contribution in [-0.2, 0) is 12.7 Å². The fourth-order valence-corrected chi connectivity index (χ4v) is 3.96. The molecule has 1 aromatic heterocycles. The first-order valence-corrected chi connectivity index (χ1v) is 10.3. The number of hydrogen-bond donors (Lipinski definition) is 1. The van der Waals surface area contributed by atoms with E-state index in [9.17, 15) is 13.2 Å². The normalized spacial score (nSPS) is 15.6. The van der Waals surface area contributed by atoms with Gasteiger partial charge in [0, 0.05) is 54.8 Å². The first kappa shape index (κ1) is 20.8. The average Bonchev–Trinajstić information content (AvgIpc) is 3.09. The number of benzene rings is 2. The number of hydrogen-bond acceptors (Lipinski definition) is 2. The minimum atomic E-state index is -4.31. The van der Waals surface area contributed by atoms with E-state index in [1.807, 2.05) is 29.2 Å². The van der Waals surface area contributed by atoms with Gasteiger partial charge in [0.05, 0.1) is 5.56 Å². The Morgan fingerprint density at radius 1 is 0.967 bits per heavy atom. The van der Waals surface area contributed by atoms with E-state index in [1.165, 1.54) is 17.7 Å². The zero-order valence-corrected chi connectivity index (χ0v) is 17.4. The number of rotatable bonds is 4. The average molecular weight is 434 g/mol. The molecule has 2 heterocycles. The number of aromatic nitrogens is 1. The first-order chi connectivity index (χ1) is 14.3. The van der Waals surface area contributed by atoms with E-state index >= 15 is 0 Å². The summed E-state index contributed by atoms with van der Waals surface area (Å²) >= 11 is 5.97. The minimum absolute atomic E-state index is 0.597. The summed E-state index contributed by atoms with van der Waals surface area (Å²) in [6, 6.07) is 15.5. The third-order valence-electron chi connectivity index (χ3n) is 5.58. The predicted molar refractivity (Wildman–Crippen MR) is 115 cm³/mol. The summed E-state index contributed by atoms with van der Waals surface area (Å²) in [7, 11) is 0. The van der Waals surface area contributed by atoms with Crippen LogP contribution in [0.15, 0.2) is 54.6 Å². The lowest BCUT2D eigenvalue weighted by atomic mass is 10.1. The predicted octanol–water partition coefficient (Wildman–Crippen LogP) is 5.98. The maximum atomic E-state index is 13.0. The van der Waals surface area contributed by atoms with Gasteiger partial charge in [0.15, 0.2) is 0 Å². The Labute approximate surface area is 179 Å². The number of anilines is 1. The largest absolute Gasteiger partial charge is 0.416 e. The Kier molecular flexibility index (Phi) is 5.80. The van der Waals surface area contributed by atoms with Gasteiger partial charge in [-0.1, -0.05) is 29.8 Å². The number of nitrogens with zero attached hydrogens (tertiary/aromatic N) is 2. The summed E-state index contributed by atoms with van der Waals surface area (Å²) in [6.45, 7) is 5.89. The van der Waals surface area contributed by atoms with Crippen molar-refractivity contribution in [1.82, 2.24) is 9.88 Å². The summed E-state index contributed by atoms with van der Waals surface area (Å²) < 4.78 is 39.0. The molecule has 0 saturated carbocycles. The van der Waals surface area contributed by atoms with Crippen LogP contribution in [-0.4, -0.2) is 36.1 Å². The molecule has 1 N–H and O–H groups in total. The molecule has 0 amide bonds. The Morgan fingerprint density at radius 3 is 2.33 bits per heavy atom. The van der Waals surface area contributed by atoms with E-state index < -0.39 is 11.7 Å². The van der Waals surface area contributed by atoms with Crippen molar-refractivity contribution in [2.24, 2.45) is 0 Å². The second-order valence-electron chi connectivity index (χ2n) is 7.65. The fraction of sp³-hybridized carbons (Fsp3) is 0.304. The zero-order chi connectivity index (χ0) is 21.3. The van der Waals surface area contributed by atoms with Gasteiger partial charge in [0.1, 0.15) is 0 Å². The number of aromatic amines is 1. The molecule has 0 bridgehead atoms. The van der Waals surface area contributed by atoms with Gasteiger partial charge in [-0.3, -0.25) is 4.90 Å². The lowest BCUT2D eigenvalue weighted by molar-refractivity contribution is -0.137. The van der Waals surface area contributed by atoms with Crippen LogP contribution in [0, 0.1) is 6.92 Å². The molecule has 3 nitrogen and oxygen atoms in total. The van der Waals surface area contributed by atoms with Crippen LogP contribution in [0.2, 0.25) is 5.02 Å². The van der Waals surface area contributed by atoms with Crippen molar-refractivity contribution < 1.29 is 13.2 Å². The number of H-pyrrole nitrogens is 1. The van der Waals surface area contributed by atoms with Crippen molar-refractivity contribution >= 4 is 17.3 Å². The van der Waals surface area contributed by atoms with Crippen molar-refractivity contribution in [3.05, 3.63) is 76.4 Å². The Morgan fingerprint density at radius 2 is 1.67 bits per heavy atom. The van der Waals surface area contributed by atoms with E-state index in [4.69, 9.17) is 11.6 Å². The highest BCUT2D eigenvalue weighted by Crippen LogP contribution is 2.32. The minimum Gasteiger partial charge on any atom is -0.369 e. The monoisotopic (exact) mass is 433 g/mol. The second kappa shape index (κ2) is 8.36. The van der Waals surface area contributed by atoms with Crippen molar-refractivity contribution in [3.63, 3.8) is 0 Å². The van der Waals surface area contributed by atoms with Gasteiger partial charge in [-0.25, -0.2) is 0 Å². The van der Waals surface area contributed by atoms with Crippen LogP contribution in [0.1, 0.15) is 16.8 Å². The highest BCUT2D eigenvalue weighted by molar-refractivity contribution is 6.30. The van der Waals surface area contributed by atoms with Gasteiger partial charge >= 0.3 is 6.18 Å². The highest BCUT2D eigenvalue weighted by Gasteiger charge is 2.31. The van der Waals surface area contributed by atoms with Crippen molar-refractivity contribution in [1.29, 1.82) is 0 Å². The van der Waals surface area contributed by atoms with Crippen LogP contribution in [0.5, 0.6) is 0 Å². The molecular formula is C23H23ClF3N3. The molecule has 2 aromatic carbocycles. The third-order valence-corrected chi connectivity index (χ3v) is 5.83. The molecule has 1 aliphatic heterocycles. The molecule has 4 rings (SSSR count). The van der Waals surface area contributed by atoms with E-state index in [0.29, 0.717) is 23.8 Å². The van der Waals surface area contributed by atoms with Crippen molar-refractivity contribution in [2.75, 3.05) is 31.1 Å². The van der Waals surface area contributed by atoms with Gasteiger partial charge in [0.2, 0.25) is 0 Å². The van der Waals surface area contributed by atoms with Gasteiger partial charge in [0.25, 0.3) is 0 Å². The van der Waals surface area contributed by atoms with Crippen molar-refractivity contribution in [2.45, 2.75) is 19.6 Å². The second-order valence-corrected chi connectivity index (χ2v) is 8.09. The molecule has 0 spiro atoms. The third kappa shape index (κ3) is 4.65. The molecule has 1 aliphatic rings. The molecule has 0 atom stereocenters. The number of halogens is 4. The van der Waals surface area contributed by atoms with Crippen molar-refractivity contribution in [3.8, 4) is 11.3 Å². The fourth-order valence-electron chi connectivity index (χ4n) is 3.83. The van der Waals surface area contributed by atoms with Gasteiger partial charge in [-0.2, -0.15) is 13.2 Å². The summed E-state index contributed by atoms with van der Waals surface area (Å²) in [6.07, 6.45) is -4.31. The lowest BCUT2D eigenvalue weighted by Gasteiger charge is -2.36. The highest BCUT2D eigenvalue weighted by atomic mass is 35.5. The number of nitrogens with one attached hydrogen (secondary N) is 1. The van der Waals surface area contributed by atoms with Gasteiger partial charge in [-0.15, -0.1) is 0 Å². The smallest absolute Gasteiger partial charge is 0.369 e. The maximum Gasteiger partial charge on any atom is 0.416 e. The van der Waals surface area contributed by atoms with Gasteiger partial charge in [-0.05, 0) is 54.4 Å². The Bertz CT molecular complexity index is 1000. The maximum absolute atomic E-state index is 13.0. The van der Waals surface area contributed by atoms with E-state index in [1.54, 1.807) is 6.07 Å². The standard InChI is InChI=1S/C23H23ClF3N3/c1-16-18(13-22(28-16)17-5-7-20(24)8-6-17)15-29-9-11-30(12-10-29)21-4-2-3-19(14-21)23(25,26)27/h2-8,13-14,28H,9-12,15H2,1H3. The molecule has 30 heavy (non-hydrogen) atoms. The quantitative estimate of drug-likeness (QED) is 0.546. The van der Waals surface area contributed by atoms with E-state index in [2.05, 4.69) is 22.9 Å². The van der Waals surface area contributed by atoms with Crippen LogP contribution >= 0.6 is 11.6 Å². The first-order valence-electron chi connectivity index (χ1n) is 9.88. The molecule has 1 fully saturated rings. The topological polar surface area (TPSA) is 22.3 Å². The Balaban J connectivity index is 1.39. The summed E-state index contributed by atoms with van der Waals surface area (Å²) in [4.78, 5) is 7.80. The van der Waals surface area contributed by atoms with Crippen LogP contribution in [0.25, 0.3) is 11.3 Å². The van der Waals surface area contributed by atoms with E-state index in [-0.39, 0.29) is 0 Å².